The maximum Gasteiger partial charge on any atom is 0.227 e. The van der Waals surface area contributed by atoms with Crippen molar-refractivity contribution in [3.05, 3.63) is 52.1 Å². The molecule has 0 aliphatic heterocycles. The van der Waals surface area contributed by atoms with Gasteiger partial charge in [-0.25, -0.2) is 4.98 Å². The zero-order valence-corrected chi connectivity index (χ0v) is 14.3. The summed E-state index contributed by atoms with van der Waals surface area (Å²) in [4.78, 5) is 21.6. The number of imidazole rings is 1. The van der Waals surface area contributed by atoms with Crippen LogP contribution in [0.25, 0.3) is 0 Å². The van der Waals surface area contributed by atoms with E-state index in [1.807, 2.05) is 20.8 Å². The number of aromatic nitrogens is 2. The molecule has 0 saturated heterocycles. The molecule has 0 unspecified atom stereocenters. The molecule has 0 bridgehead atoms. The van der Waals surface area contributed by atoms with Crippen LogP contribution in [-0.4, -0.2) is 39.0 Å². The van der Waals surface area contributed by atoms with Crippen molar-refractivity contribution in [3.63, 3.8) is 0 Å². The number of nitrogens with zero attached hydrogens (tertiary/aromatic N) is 2. The summed E-state index contributed by atoms with van der Waals surface area (Å²) in [6.45, 7) is 8.72. The second-order valence-electron chi connectivity index (χ2n) is 6.09. The van der Waals surface area contributed by atoms with E-state index >= 15 is 0 Å². The smallest absolute Gasteiger partial charge is 0.227 e. The first kappa shape index (κ1) is 17.2. The summed E-state index contributed by atoms with van der Waals surface area (Å²) in [7, 11) is 0. The molecule has 23 heavy (non-hydrogen) atoms. The molecule has 0 saturated carbocycles. The van der Waals surface area contributed by atoms with Crippen molar-refractivity contribution in [1.29, 1.82) is 0 Å². The first-order chi connectivity index (χ1) is 10.9. The number of aryl methyl sites for hydroxylation is 4. The number of hydrogen-bond donors (Lipinski definition) is 2. The van der Waals surface area contributed by atoms with E-state index in [1.165, 1.54) is 5.56 Å². The molecular formula is C18H25N3O2. The minimum Gasteiger partial charge on any atom is -0.395 e. The largest absolute Gasteiger partial charge is 0.395 e. The number of amides is 1. The van der Waals surface area contributed by atoms with Gasteiger partial charge >= 0.3 is 0 Å². The highest BCUT2D eigenvalue weighted by Crippen LogP contribution is 2.18. The van der Waals surface area contributed by atoms with E-state index in [1.54, 1.807) is 11.1 Å². The van der Waals surface area contributed by atoms with Crippen LogP contribution in [0.3, 0.4) is 0 Å². The molecule has 1 aromatic carbocycles. The highest BCUT2D eigenvalue weighted by Gasteiger charge is 2.17. The van der Waals surface area contributed by atoms with Gasteiger partial charge in [0.15, 0.2) is 0 Å². The number of carbonyl (C=O) groups excluding carboxylic acids is 1. The van der Waals surface area contributed by atoms with E-state index in [4.69, 9.17) is 0 Å². The number of hydrogen-bond acceptors (Lipinski definition) is 3. The summed E-state index contributed by atoms with van der Waals surface area (Å²) in [6.07, 6.45) is 2.08. The van der Waals surface area contributed by atoms with E-state index in [0.717, 1.165) is 28.2 Å². The Hall–Kier alpha value is -2.14. The molecule has 0 aliphatic rings. The maximum absolute atomic E-state index is 12.7. The number of carbonyl (C=O) groups is 1. The lowest BCUT2D eigenvalue weighted by Gasteiger charge is -2.22. The van der Waals surface area contributed by atoms with Gasteiger partial charge in [0.25, 0.3) is 0 Å². The molecule has 5 heteroatoms. The predicted octanol–water partition coefficient (Wildman–Crippen LogP) is 2.21. The fraction of sp³-hybridized carbons (Fsp3) is 0.444. The predicted molar refractivity (Wildman–Crippen MR) is 90.2 cm³/mol. The molecule has 124 valence electrons. The SMILES string of the molecule is Cc1cc(C)c(CC(=O)N(CCO)Cc2cnc(C)[nH]2)c(C)c1. The van der Waals surface area contributed by atoms with Crippen LogP contribution in [0.1, 0.15) is 33.8 Å². The second-order valence-corrected chi connectivity index (χ2v) is 6.09. The number of H-pyrrole nitrogens is 1. The van der Waals surface area contributed by atoms with Crippen LogP contribution in [-0.2, 0) is 17.8 Å². The zero-order valence-electron chi connectivity index (χ0n) is 14.3. The van der Waals surface area contributed by atoms with Crippen molar-refractivity contribution >= 4 is 5.91 Å². The van der Waals surface area contributed by atoms with E-state index < -0.39 is 0 Å². The summed E-state index contributed by atoms with van der Waals surface area (Å²) in [5, 5.41) is 9.26. The van der Waals surface area contributed by atoms with Gasteiger partial charge in [0.05, 0.1) is 31.5 Å². The third kappa shape index (κ3) is 4.42. The summed E-state index contributed by atoms with van der Waals surface area (Å²) >= 11 is 0. The quantitative estimate of drug-likeness (QED) is 0.858. The highest BCUT2D eigenvalue weighted by atomic mass is 16.3. The lowest BCUT2D eigenvalue weighted by Crippen LogP contribution is -2.34. The van der Waals surface area contributed by atoms with Gasteiger partial charge < -0.3 is 15.0 Å². The second kappa shape index (κ2) is 7.42. The lowest BCUT2D eigenvalue weighted by molar-refractivity contribution is -0.131. The summed E-state index contributed by atoms with van der Waals surface area (Å²) in [5.41, 5.74) is 5.43. The average Bonchev–Trinajstić information content (AvgIpc) is 2.87. The van der Waals surface area contributed by atoms with Gasteiger partial charge in [-0.15, -0.1) is 0 Å². The maximum atomic E-state index is 12.7. The Bertz CT molecular complexity index is 668. The molecule has 2 aromatic rings. The van der Waals surface area contributed by atoms with Gasteiger partial charge in [-0.1, -0.05) is 17.7 Å². The molecule has 0 spiro atoms. The summed E-state index contributed by atoms with van der Waals surface area (Å²) < 4.78 is 0. The van der Waals surface area contributed by atoms with Crippen LogP contribution in [0, 0.1) is 27.7 Å². The van der Waals surface area contributed by atoms with Crippen LogP contribution in [0.5, 0.6) is 0 Å². The van der Waals surface area contributed by atoms with Gasteiger partial charge in [-0.2, -0.15) is 0 Å². The van der Waals surface area contributed by atoms with Crippen molar-refractivity contribution in [3.8, 4) is 0 Å². The van der Waals surface area contributed by atoms with Crippen LogP contribution >= 0.6 is 0 Å². The molecule has 1 amide bonds. The Labute approximate surface area is 137 Å². The van der Waals surface area contributed by atoms with Crippen molar-refractivity contribution in [2.24, 2.45) is 0 Å². The molecule has 1 heterocycles. The Kier molecular flexibility index (Phi) is 5.55. The Morgan fingerprint density at radius 1 is 1.22 bits per heavy atom. The summed E-state index contributed by atoms with van der Waals surface area (Å²) in [5.74, 6) is 0.836. The van der Waals surface area contributed by atoms with Crippen LogP contribution in [0.2, 0.25) is 0 Å². The molecular weight excluding hydrogens is 290 g/mol. The van der Waals surface area contributed by atoms with E-state index in [2.05, 4.69) is 29.0 Å². The lowest BCUT2D eigenvalue weighted by atomic mass is 9.97. The molecule has 0 fully saturated rings. The van der Waals surface area contributed by atoms with E-state index in [0.29, 0.717) is 19.5 Å². The van der Waals surface area contributed by atoms with Crippen LogP contribution in [0.15, 0.2) is 18.3 Å². The number of benzene rings is 1. The summed E-state index contributed by atoms with van der Waals surface area (Å²) in [6, 6.07) is 4.20. The molecule has 2 rings (SSSR count). The van der Waals surface area contributed by atoms with Gasteiger partial charge in [-0.3, -0.25) is 4.79 Å². The van der Waals surface area contributed by atoms with Crippen LogP contribution < -0.4 is 0 Å². The monoisotopic (exact) mass is 315 g/mol. The molecule has 0 aliphatic carbocycles. The van der Waals surface area contributed by atoms with Gasteiger partial charge in [0.1, 0.15) is 5.82 Å². The van der Waals surface area contributed by atoms with Crippen molar-refractivity contribution in [2.75, 3.05) is 13.2 Å². The first-order valence-electron chi connectivity index (χ1n) is 7.86. The number of rotatable bonds is 6. The Morgan fingerprint density at radius 2 is 1.87 bits per heavy atom. The van der Waals surface area contributed by atoms with Gasteiger partial charge in [0.2, 0.25) is 5.91 Å². The van der Waals surface area contributed by atoms with Crippen molar-refractivity contribution in [1.82, 2.24) is 14.9 Å². The van der Waals surface area contributed by atoms with Crippen LogP contribution in [0.4, 0.5) is 0 Å². The molecule has 2 N–H and O–H groups in total. The fourth-order valence-corrected chi connectivity index (χ4v) is 2.92. The molecule has 0 atom stereocenters. The Morgan fingerprint density at radius 3 is 2.39 bits per heavy atom. The Balaban J connectivity index is 2.15. The van der Waals surface area contributed by atoms with E-state index in [9.17, 15) is 9.90 Å². The van der Waals surface area contributed by atoms with Crippen molar-refractivity contribution < 1.29 is 9.90 Å². The highest BCUT2D eigenvalue weighted by molar-refractivity contribution is 5.79. The van der Waals surface area contributed by atoms with E-state index in [-0.39, 0.29) is 12.5 Å². The minimum atomic E-state index is -0.0509. The standard InChI is InChI=1S/C18H25N3O2/c1-12-7-13(2)17(14(3)8-12)9-18(23)21(5-6-22)11-16-10-19-15(4)20-16/h7-8,10,22H,5-6,9,11H2,1-4H3,(H,19,20). The normalized spacial score (nSPS) is 10.8. The first-order valence-corrected chi connectivity index (χ1v) is 7.86. The average molecular weight is 315 g/mol. The number of aliphatic hydroxyl groups is 1. The molecule has 0 radical (unpaired) electrons. The fourth-order valence-electron chi connectivity index (χ4n) is 2.92. The molecule has 1 aromatic heterocycles. The minimum absolute atomic E-state index is 0.0151. The number of aliphatic hydroxyl groups excluding tert-OH is 1. The molecule has 5 nitrogen and oxygen atoms in total. The number of nitrogens with one attached hydrogen (secondary N) is 1. The van der Waals surface area contributed by atoms with Gasteiger partial charge in [-0.05, 0) is 44.4 Å². The topological polar surface area (TPSA) is 69.2 Å². The number of aromatic amines is 1. The third-order valence-corrected chi connectivity index (χ3v) is 4.01. The van der Waals surface area contributed by atoms with Crippen molar-refractivity contribution in [2.45, 2.75) is 40.7 Å². The van der Waals surface area contributed by atoms with Gasteiger partial charge in [0, 0.05) is 6.54 Å². The zero-order chi connectivity index (χ0) is 17.0. The third-order valence-electron chi connectivity index (χ3n) is 4.01.